The third-order valence-corrected chi connectivity index (χ3v) is 3.90. The Hall–Kier alpha value is -2.13. The zero-order chi connectivity index (χ0) is 14.5. The van der Waals surface area contributed by atoms with Crippen molar-refractivity contribution in [3.05, 3.63) is 70.8 Å². The number of carbonyl (C=O) groups excluding carboxylic acids is 1. The molecule has 108 valence electrons. The van der Waals surface area contributed by atoms with E-state index >= 15 is 0 Å². The summed E-state index contributed by atoms with van der Waals surface area (Å²) in [6.07, 6.45) is 1.91. The number of hydrogen-bond donors (Lipinski definition) is 2. The normalized spacial score (nSPS) is 13.5. The minimum Gasteiger partial charge on any atom is -0.352 e. The molecular formula is C18H20N2O. The first kappa shape index (κ1) is 13.8. The van der Waals surface area contributed by atoms with Crippen LogP contribution >= 0.6 is 0 Å². The van der Waals surface area contributed by atoms with Crippen LogP contribution in [0.3, 0.4) is 0 Å². The van der Waals surface area contributed by atoms with Crippen molar-refractivity contribution in [1.29, 1.82) is 0 Å². The minimum absolute atomic E-state index is 0.0132. The van der Waals surface area contributed by atoms with Crippen molar-refractivity contribution in [1.82, 2.24) is 10.6 Å². The smallest absolute Gasteiger partial charge is 0.251 e. The van der Waals surface area contributed by atoms with E-state index < -0.39 is 0 Å². The monoisotopic (exact) mass is 280 g/mol. The van der Waals surface area contributed by atoms with Crippen molar-refractivity contribution in [2.24, 2.45) is 0 Å². The lowest BCUT2D eigenvalue weighted by Crippen LogP contribution is -2.27. The third-order valence-electron chi connectivity index (χ3n) is 3.90. The van der Waals surface area contributed by atoms with Gasteiger partial charge in [-0.1, -0.05) is 36.4 Å². The second-order valence-electron chi connectivity index (χ2n) is 5.40. The Morgan fingerprint density at radius 1 is 1.10 bits per heavy atom. The molecule has 0 spiro atoms. The van der Waals surface area contributed by atoms with E-state index in [-0.39, 0.29) is 5.91 Å². The zero-order valence-corrected chi connectivity index (χ0v) is 12.1. The van der Waals surface area contributed by atoms with Gasteiger partial charge in [-0.3, -0.25) is 4.79 Å². The lowest BCUT2D eigenvalue weighted by atomic mass is 9.98. The molecule has 0 radical (unpaired) electrons. The molecule has 0 aromatic heterocycles. The molecule has 2 aromatic rings. The van der Waals surface area contributed by atoms with Crippen LogP contribution in [0, 0.1) is 0 Å². The number of nitrogens with one attached hydrogen (secondary N) is 2. The van der Waals surface area contributed by atoms with Crippen molar-refractivity contribution >= 4 is 5.91 Å². The molecule has 1 amide bonds. The van der Waals surface area contributed by atoms with Crippen molar-refractivity contribution in [2.75, 3.05) is 13.1 Å². The van der Waals surface area contributed by atoms with Crippen LogP contribution in [0.4, 0.5) is 0 Å². The van der Waals surface area contributed by atoms with Crippen molar-refractivity contribution in [2.45, 2.75) is 19.4 Å². The van der Waals surface area contributed by atoms with Gasteiger partial charge in [0.2, 0.25) is 0 Å². The molecule has 3 rings (SSSR count). The molecule has 1 aliphatic heterocycles. The zero-order valence-electron chi connectivity index (χ0n) is 12.1. The first-order valence-corrected chi connectivity index (χ1v) is 7.47. The molecular weight excluding hydrogens is 260 g/mol. The fourth-order valence-electron chi connectivity index (χ4n) is 2.69. The highest BCUT2D eigenvalue weighted by molar-refractivity contribution is 5.94. The lowest BCUT2D eigenvalue weighted by molar-refractivity contribution is 0.0954. The minimum atomic E-state index is 0.0132. The molecule has 0 bridgehead atoms. The van der Waals surface area contributed by atoms with Gasteiger partial charge in [0.05, 0.1) is 0 Å². The van der Waals surface area contributed by atoms with Crippen LogP contribution in [0.25, 0.3) is 0 Å². The average molecular weight is 280 g/mol. The molecule has 2 aromatic carbocycles. The largest absolute Gasteiger partial charge is 0.352 e. The Morgan fingerprint density at radius 2 is 1.95 bits per heavy atom. The van der Waals surface area contributed by atoms with Gasteiger partial charge >= 0.3 is 0 Å². The van der Waals surface area contributed by atoms with E-state index in [1.165, 1.54) is 16.7 Å². The van der Waals surface area contributed by atoms with Crippen LogP contribution in [-0.4, -0.2) is 19.0 Å². The first-order valence-electron chi connectivity index (χ1n) is 7.47. The van der Waals surface area contributed by atoms with E-state index in [0.29, 0.717) is 6.54 Å². The highest BCUT2D eigenvalue weighted by Crippen LogP contribution is 2.15. The first-order chi connectivity index (χ1) is 10.3. The van der Waals surface area contributed by atoms with Crippen LogP contribution in [0.15, 0.2) is 48.5 Å². The summed E-state index contributed by atoms with van der Waals surface area (Å²) < 4.78 is 0. The van der Waals surface area contributed by atoms with Gasteiger partial charge in [0.25, 0.3) is 5.91 Å². The Labute approximate surface area is 125 Å². The Kier molecular flexibility index (Phi) is 4.31. The van der Waals surface area contributed by atoms with E-state index in [1.54, 1.807) is 0 Å². The number of benzene rings is 2. The molecule has 3 heteroatoms. The summed E-state index contributed by atoms with van der Waals surface area (Å²) in [4.78, 5) is 12.2. The van der Waals surface area contributed by atoms with E-state index in [9.17, 15) is 4.79 Å². The number of rotatable bonds is 4. The van der Waals surface area contributed by atoms with Crippen LogP contribution in [0.5, 0.6) is 0 Å². The van der Waals surface area contributed by atoms with Crippen LogP contribution in [0.2, 0.25) is 0 Å². The molecule has 0 saturated carbocycles. The summed E-state index contributed by atoms with van der Waals surface area (Å²) in [6, 6.07) is 16.2. The third kappa shape index (κ3) is 3.50. The van der Waals surface area contributed by atoms with Gasteiger partial charge in [-0.15, -0.1) is 0 Å². The molecule has 21 heavy (non-hydrogen) atoms. The predicted octanol–water partition coefficient (Wildman–Crippen LogP) is 2.30. The Bertz CT molecular complexity index is 622. The van der Waals surface area contributed by atoms with Crippen molar-refractivity contribution in [3.63, 3.8) is 0 Å². The van der Waals surface area contributed by atoms with Crippen molar-refractivity contribution < 1.29 is 4.79 Å². The van der Waals surface area contributed by atoms with E-state index in [2.05, 4.69) is 28.8 Å². The number of hydrogen-bond acceptors (Lipinski definition) is 2. The summed E-state index contributed by atoms with van der Waals surface area (Å²) in [6.45, 7) is 2.55. The molecule has 0 saturated heterocycles. The van der Waals surface area contributed by atoms with E-state index in [4.69, 9.17) is 0 Å². The highest BCUT2D eigenvalue weighted by Gasteiger charge is 2.12. The maximum atomic E-state index is 12.2. The summed E-state index contributed by atoms with van der Waals surface area (Å²) in [5.41, 5.74) is 4.60. The van der Waals surface area contributed by atoms with E-state index in [0.717, 1.165) is 31.5 Å². The standard InChI is InChI=1S/C18H20N2O/c21-18(20-11-8-14-4-2-1-3-5-14)16-7-6-15-9-10-19-13-17(15)12-16/h1-7,12,19H,8-11,13H2,(H,20,21). The molecule has 0 aliphatic carbocycles. The molecule has 0 fully saturated rings. The maximum Gasteiger partial charge on any atom is 0.251 e. The summed E-state index contributed by atoms with van der Waals surface area (Å²) >= 11 is 0. The highest BCUT2D eigenvalue weighted by atomic mass is 16.1. The topological polar surface area (TPSA) is 41.1 Å². The number of carbonyl (C=O) groups is 1. The van der Waals surface area contributed by atoms with Gasteiger partial charge in [0.15, 0.2) is 0 Å². The van der Waals surface area contributed by atoms with Gasteiger partial charge in [-0.05, 0) is 48.2 Å². The van der Waals surface area contributed by atoms with Gasteiger partial charge < -0.3 is 10.6 Å². The van der Waals surface area contributed by atoms with E-state index in [1.807, 2.05) is 30.3 Å². The van der Waals surface area contributed by atoms with Crippen LogP contribution < -0.4 is 10.6 Å². The molecule has 1 heterocycles. The van der Waals surface area contributed by atoms with Gasteiger partial charge in [0.1, 0.15) is 0 Å². The fraction of sp³-hybridized carbons (Fsp3) is 0.278. The molecule has 0 unspecified atom stereocenters. The van der Waals surface area contributed by atoms with Gasteiger partial charge in [-0.2, -0.15) is 0 Å². The Balaban J connectivity index is 1.58. The molecule has 0 atom stereocenters. The van der Waals surface area contributed by atoms with Crippen LogP contribution in [0.1, 0.15) is 27.0 Å². The molecule has 2 N–H and O–H groups in total. The van der Waals surface area contributed by atoms with Crippen LogP contribution in [-0.2, 0) is 19.4 Å². The quantitative estimate of drug-likeness (QED) is 0.902. The van der Waals surface area contributed by atoms with Gasteiger partial charge in [-0.25, -0.2) is 0 Å². The number of amides is 1. The fourth-order valence-corrected chi connectivity index (χ4v) is 2.69. The SMILES string of the molecule is O=C(NCCc1ccccc1)c1ccc2c(c1)CNCC2. The summed E-state index contributed by atoms with van der Waals surface area (Å²) in [7, 11) is 0. The number of fused-ring (bicyclic) bond motifs is 1. The molecule has 3 nitrogen and oxygen atoms in total. The Morgan fingerprint density at radius 3 is 2.81 bits per heavy atom. The predicted molar refractivity (Wildman–Crippen MR) is 84.3 cm³/mol. The molecule has 1 aliphatic rings. The second kappa shape index (κ2) is 6.55. The summed E-state index contributed by atoms with van der Waals surface area (Å²) in [5.74, 6) is 0.0132. The maximum absolute atomic E-state index is 12.2. The van der Waals surface area contributed by atoms with Gasteiger partial charge in [0, 0.05) is 18.7 Å². The lowest BCUT2D eigenvalue weighted by Gasteiger charge is -2.17. The summed E-state index contributed by atoms with van der Waals surface area (Å²) in [5, 5.41) is 6.33. The average Bonchev–Trinajstić information content (AvgIpc) is 2.55. The second-order valence-corrected chi connectivity index (χ2v) is 5.40. The van der Waals surface area contributed by atoms with Crippen molar-refractivity contribution in [3.8, 4) is 0 Å².